The molecule has 0 saturated carbocycles. The minimum absolute atomic E-state index is 1.11. The van der Waals surface area contributed by atoms with Crippen LogP contribution in [0.25, 0.3) is 60.9 Å². The van der Waals surface area contributed by atoms with Crippen LogP contribution in [0.1, 0.15) is 0 Å². The average molecular weight is 639 g/mol. The van der Waals surface area contributed by atoms with E-state index in [1.165, 1.54) is 55.2 Å². The molecule has 0 bridgehead atoms. The van der Waals surface area contributed by atoms with E-state index in [1.54, 1.807) is 0 Å². The maximum atomic E-state index is 2.37. The Morgan fingerprint density at radius 3 is 1.36 bits per heavy atom. The van der Waals surface area contributed by atoms with E-state index in [0.29, 0.717) is 0 Å². The Balaban J connectivity index is 1.05. The van der Waals surface area contributed by atoms with E-state index >= 15 is 0 Å². The van der Waals surface area contributed by atoms with E-state index in [9.17, 15) is 0 Å². The summed E-state index contributed by atoms with van der Waals surface area (Å²) in [5.74, 6) is 0. The van der Waals surface area contributed by atoms with Crippen LogP contribution in [0.2, 0.25) is 0 Å². The largest absolute Gasteiger partial charge is 0.310 e. The summed E-state index contributed by atoms with van der Waals surface area (Å²) < 4.78 is 2.37. The van der Waals surface area contributed by atoms with Crippen molar-refractivity contribution < 1.29 is 0 Å². The van der Waals surface area contributed by atoms with Crippen molar-refractivity contribution in [1.29, 1.82) is 0 Å². The molecule has 0 fully saturated rings. The summed E-state index contributed by atoms with van der Waals surface area (Å²) in [4.78, 5) is 2.33. The van der Waals surface area contributed by atoms with Crippen molar-refractivity contribution in [1.82, 2.24) is 4.57 Å². The lowest BCUT2D eigenvalue weighted by Crippen LogP contribution is -2.09. The Morgan fingerprint density at radius 2 is 0.700 bits per heavy atom. The first kappa shape index (κ1) is 29.5. The zero-order chi connectivity index (χ0) is 33.3. The summed E-state index contributed by atoms with van der Waals surface area (Å²) in [7, 11) is 0. The summed E-state index contributed by atoms with van der Waals surface area (Å²) in [5, 5.41) is 2.55. The van der Waals surface area contributed by atoms with Crippen LogP contribution in [0.5, 0.6) is 0 Å². The van der Waals surface area contributed by atoms with Gasteiger partial charge in [0.15, 0.2) is 0 Å². The van der Waals surface area contributed by atoms with Gasteiger partial charge in [-0.3, -0.25) is 0 Å². The maximum absolute atomic E-state index is 2.37. The highest BCUT2D eigenvalue weighted by atomic mass is 15.1. The van der Waals surface area contributed by atoms with Crippen molar-refractivity contribution in [3.05, 3.63) is 206 Å². The third kappa shape index (κ3) is 5.43. The average Bonchev–Trinajstić information content (AvgIpc) is 3.54. The lowest BCUT2D eigenvalue weighted by molar-refractivity contribution is 1.18. The SMILES string of the molecule is c1ccc(-c2ccc(N(c3ccccc3)c3cccc(-c4cccc(-c5ccc(-n6c7ccccc7c7ccccc76)cc5)c4)c3)cc2)cc1. The number of rotatable bonds is 7. The lowest BCUT2D eigenvalue weighted by Gasteiger charge is -2.26. The van der Waals surface area contributed by atoms with Crippen LogP contribution in [0.4, 0.5) is 17.1 Å². The summed E-state index contributed by atoms with van der Waals surface area (Å²) in [5.41, 5.74) is 14.1. The summed E-state index contributed by atoms with van der Waals surface area (Å²) >= 11 is 0. The number of anilines is 3. The van der Waals surface area contributed by atoms with E-state index in [2.05, 4.69) is 216 Å². The summed E-state index contributed by atoms with van der Waals surface area (Å²) in [6, 6.07) is 74.0. The number of aromatic nitrogens is 1. The van der Waals surface area contributed by atoms with Crippen LogP contribution in [-0.2, 0) is 0 Å². The minimum Gasteiger partial charge on any atom is -0.310 e. The van der Waals surface area contributed by atoms with Crippen molar-refractivity contribution in [3.8, 4) is 39.1 Å². The van der Waals surface area contributed by atoms with Gasteiger partial charge in [-0.15, -0.1) is 0 Å². The second-order valence-electron chi connectivity index (χ2n) is 12.6. The Hall–Kier alpha value is -6.64. The van der Waals surface area contributed by atoms with Gasteiger partial charge in [0, 0.05) is 33.5 Å². The molecule has 0 saturated heterocycles. The third-order valence-corrected chi connectivity index (χ3v) is 9.59. The Morgan fingerprint density at radius 1 is 0.280 bits per heavy atom. The molecule has 0 spiro atoms. The molecule has 0 aliphatic rings. The molecule has 236 valence electrons. The normalized spacial score (nSPS) is 11.2. The predicted molar refractivity (Wildman–Crippen MR) is 212 cm³/mol. The molecule has 1 heterocycles. The molecule has 0 aliphatic heterocycles. The molecule has 9 aromatic rings. The monoisotopic (exact) mass is 638 g/mol. The van der Waals surface area contributed by atoms with Gasteiger partial charge >= 0.3 is 0 Å². The fraction of sp³-hybridized carbons (Fsp3) is 0. The zero-order valence-corrected chi connectivity index (χ0v) is 27.5. The Bertz CT molecular complexity index is 2510. The predicted octanol–water partition coefficient (Wildman–Crippen LogP) is 13.3. The van der Waals surface area contributed by atoms with Gasteiger partial charge in [-0.1, -0.05) is 140 Å². The highest BCUT2D eigenvalue weighted by Crippen LogP contribution is 2.38. The maximum Gasteiger partial charge on any atom is 0.0541 e. The van der Waals surface area contributed by atoms with Gasteiger partial charge in [-0.25, -0.2) is 0 Å². The van der Waals surface area contributed by atoms with Gasteiger partial charge in [0.25, 0.3) is 0 Å². The van der Waals surface area contributed by atoms with Crippen molar-refractivity contribution in [2.45, 2.75) is 0 Å². The molecule has 0 aliphatic carbocycles. The second kappa shape index (κ2) is 12.8. The van der Waals surface area contributed by atoms with Crippen molar-refractivity contribution >= 4 is 38.9 Å². The Labute approximate surface area is 292 Å². The molecule has 8 aromatic carbocycles. The molecular formula is C48H34N2. The zero-order valence-electron chi connectivity index (χ0n) is 27.5. The first-order valence-corrected chi connectivity index (χ1v) is 17.1. The third-order valence-electron chi connectivity index (χ3n) is 9.59. The van der Waals surface area contributed by atoms with E-state index in [-0.39, 0.29) is 0 Å². The fourth-order valence-electron chi connectivity index (χ4n) is 7.16. The number of hydrogen-bond donors (Lipinski definition) is 0. The van der Waals surface area contributed by atoms with Crippen LogP contribution in [0, 0.1) is 0 Å². The van der Waals surface area contributed by atoms with E-state index in [0.717, 1.165) is 22.7 Å². The van der Waals surface area contributed by atoms with Crippen LogP contribution in [0.3, 0.4) is 0 Å². The molecule has 2 heteroatoms. The van der Waals surface area contributed by atoms with Gasteiger partial charge in [-0.2, -0.15) is 0 Å². The van der Waals surface area contributed by atoms with Crippen molar-refractivity contribution in [2.24, 2.45) is 0 Å². The molecule has 0 unspecified atom stereocenters. The fourth-order valence-corrected chi connectivity index (χ4v) is 7.16. The molecule has 2 nitrogen and oxygen atoms in total. The van der Waals surface area contributed by atoms with E-state index < -0.39 is 0 Å². The number of nitrogens with zero attached hydrogens (tertiary/aromatic N) is 2. The molecule has 9 rings (SSSR count). The molecule has 0 N–H and O–H groups in total. The van der Waals surface area contributed by atoms with Crippen LogP contribution < -0.4 is 4.90 Å². The standard InChI is InChI=1S/C48H34N2/c1-3-13-35(14-4-1)36-25-29-42(30-26-36)49(41-18-5-2-6-19-41)44-20-12-17-40(34-44)39-16-11-15-38(33-39)37-27-31-43(32-28-37)50-47-23-9-7-21-45(47)46-22-8-10-24-48(46)50/h1-34H. The number of fused-ring (bicyclic) bond motifs is 3. The van der Waals surface area contributed by atoms with Gasteiger partial charge in [0.2, 0.25) is 0 Å². The second-order valence-corrected chi connectivity index (χ2v) is 12.6. The Kier molecular flexibility index (Phi) is 7.53. The minimum atomic E-state index is 1.11. The van der Waals surface area contributed by atoms with Gasteiger partial charge in [0.05, 0.1) is 11.0 Å². The number of benzene rings is 8. The summed E-state index contributed by atoms with van der Waals surface area (Å²) in [6.07, 6.45) is 0. The smallest absolute Gasteiger partial charge is 0.0541 e. The van der Waals surface area contributed by atoms with Crippen molar-refractivity contribution in [3.63, 3.8) is 0 Å². The quantitative estimate of drug-likeness (QED) is 0.169. The number of para-hydroxylation sites is 3. The van der Waals surface area contributed by atoms with Crippen LogP contribution in [-0.4, -0.2) is 4.57 Å². The van der Waals surface area contributed by atoms with Crippen molar-refractivity contribution in [2.75, 3.05) is 4.90 Å². The van der Waals surface area contributed by atoms with E-state index in [1.807, 2.05) is 0 Å². The van der Waals surface area contributed by atoms with Gasteiger partial charge in [-0.05, 0) is 100 Å². The molecule has 50 heavy (non-hydrogen) atoms. The topological polar surface area (TPSA) is 8.17 Å². The molecule has 0 amide bonds. The summed E-state index contributed by atoms with van der Waals surface area (Å²) in [6.45, 7) is 0. The van der Waals surface area contributed by atoms with E-state index in [4.69, 9.17) is 0 Å². The highest BCUT2D eigenvalue weighted by molar-refractivity contribution is 6.09. The van der Waals surface area contributed by atoms with Gasteiger partial charge in [0.1, 0.15) is 0 Å². The molecule has 1 aromatic heterocycles. The highest BCUT2D eigenvalue weighted by Gasteiger charge is 2.15. The van der Waals surface area contributed by atoms with Crippen LogP contribution in [0.15, 0.2) is 206 Å². The lowest BCUT2D eigenvalue weighted by atomic mass is 9.98. The number of hydrogen-bond acceptors (Lipinski definition) is 1. The molecular weight excluding hydrogens is 605 g/mol. The molecule has 0 radical (unpaired) electrons. The first-order valence-electron chi connectivity index (χ1n) is 17.1. The van der Waals surface area contributed by atoms with Gasteiger partial charge < -0.3 is 9.47 Å². The van der Waals surface area contributed by atoms with Crippen LogP contribution >= 0.6 is 0 Å². The molecule has 0 atom stereocenters. The first-order chi connectivity index (χ1) is 24.8.